The predicted molar refractivity (Wildman–Crippen MR) is 75.5 cm³/mol. The number of aryl methyl sites for hydroxylation is 3. The molecule has 102 valence electrons. The van der Waals surface area contributed by atoms with Gasteiger partial charge in [0, 0.05) is 30.9 Å². The standard InChI is InChI=1S/C15H21N3O/c1-11(2)14-10-18(17-12(14)3)9-8-13-6-5-7-15(16-13)19-4/h5-7,10-11H,8-9H2,1-4H3. The predicted octanol–water partition coefficient (Wildman–Crippen LogP) is 2.96. The molecule has 0 aliphatic carbocycles. The Morgan fingerprint density at radius 2 is 2.11 bits per heavy atom. The lowest BCUT2D eigenvalue weighted by atomic mass is 10.1. The van der Waals surface area contributed by atoms with E-state index in [-0.39, 0.29) is 0 Å². The molecule has 4 heteroatoms. The molecule has 0 atom stereocenters. The van der Waals surface area contributed by atoms with Crippen molar-refractivity contribution in [3.8, 4) is 5.88 Å². The SMILES string of the molecule is COc1cccc(CCn2cc(C(C)C)c(C)n2)n1. The minimum atomic E-state index is 0.517. The van der Waals surface area contributed by atoms with Crippen LogP contribution in [0.5, 0.6) is 5.88 Å². The highest BCUT2D eigenvalue weighted by Crippen LogP contribution is 2.17. The second-order valence-corrected chi connectivity index (χ2v) is 5.01. The lowest BCUT2D eigenvalue weighted by Gasteiger charge is -2.04. The quantitative estimate of drug-likeness (QED) is 0.828. The average Bonchev–Trinajstić information content (AvgIpc) is 2.78. The number of rotatable bonds is 5. The summed E-state index contributed by atoms with van der Waals surface area (Å²) in [6.07, 6.45) is 3.00. The van der Waals surface area contributed by atoms with Crippen LogP contribution in [0.3, 0.4) is 0 Å². The van der Waals surface area contributed by atoms with Gasteiger partial charge in [0.2, 0.25) is 5.88 Å². The lowest BCUT2D eigenvalue weighted by Crippen LogP contribution is -2.04. The fourth-order valence-corrected chi connectivity index (χ4v) is 2.15. The minimum absolute atomic E-state index is 0.517. The molecule has 0 aromatic carbocycles. The van der Waals surface area contributed by atoms with Crippen LogP contribution in [0.2, 0.25) is 0 Å². The molecule has 2 rings (SSSR count). The van der Waals surface area contributed by atoms with Crippen molar-refractivity contribution in [2.45, 2.75) is 39.7 Å². The number of ether oxygens (including phenoxy) is 1. The molecule has 0 aliphatic rings. The second kappa shape index (κ2) is 5.87. The van der Waals surface area contributed by atoms with Gasteiger partial charge in [-0.2, -0.15) is 5.10 Å². The third-order valence-corrected chi connectivity index (χ3v) is 3.19. The van der Waals surface area contributed by atoms with E-state index in [1.807, 2.05) is 22.9 Å². The molecule has 0 saturated heterocycles. The summed E-state index contributed by atoms with van der Waals surface area (Å²) in [4.78, 5) is 4.41. The number of hydrogen-bond acceptors (Lipinski definition) is 3. The Hall–Kier alpha value is -1.84. The van der Waals surface area contributed by atoms with Crippen molar-refractivity contribution in [1.82, 2.24) is 14.8 Å². The number of nitrogens with zero attached hydrogens (tertiary/aromatic N) is 3. The highest BCUT2D eigenvalue weighted by molar-refractivity contribution is 5.19. The topological polar surface area (TPSA) is 39.9 Å². The van der Waals surface area contributed by atoms with E-state index < -0.39 is 0 Å². The zero-order valence-electron chi connectivity index (χ0n) is 12.1. The van der Waals surface area contributed by atoms with Crippen LogP contribution in [0.15, 0.2) is 24.4 Å². The molecule has 0 unspecified atom stereocenters. The number of methoxy groups -OCH3 is 1. The van der Waals surface area contributed by atoms with Gasteiger partial charge in [0.25, 0.3) is 0 Å². The summed E-state index contributed by atoms with van der Waals surface area (Å²) in [5.74, 6) is 1.18. The van der Waals surface area contributed by atoms with Crippen molar-refractivity contribution in [3.05, 3.63) is 41.3 Å². The van der Waals surface area contributed by atoms with Crippen LogP contribution in [-0.2, 0) is 13.0 Å². The van der Waals surface area contributed by atoms with E-state index in [0.717, 1.165) is 24.4 Å². The molecule has 0 radical (unpaired) electrons. The number of aromatic nitrogens is 3. The van der Waals surface area contributed by atoms with E-state index in [4.69, 9.17) is 4.74 Å². The molecule has 2 aromatic rings. The molecule has 4 nitrogen and oxygen atoms in total. The van der Waals surface area contributed by atoms with Gasteiger partial charge in [-0.15, -0.1) is 0 Å². The van der Waals surface area contributed by atoms with Crippen LogP contribution in [0.1, 0.15) is 36.7 Å². The first kappa shape index (κ1) is 13.6. The molecule has 2 heterocycles. The molecular weight excluding hydrogens is 238 g/mol. The molecule has 0 fully saturated rings. The Morgan fingerprint density at radius 1 is 1.32 bits per heavy atom. The van der Waals surface area contributed by atoms with Crippen LogP contribution in [0.25, 0.3) is 0 Å². The maximum absolute atomic E-state index is 5.13. The van der Waals surface area contributed by atoms with Gasteiger partial charge in [0.15, 0.2) is 0 Å². The zero-order chi connectivity index (χ0) is 13.8. The van der Waals surface area contributed by atoms with Gasteiger partial charge < -0.3 is 4.74 Å². The van der Waals surface area contributed by atoms with Crippen LogP contribution in [0.4, 0.5) is 0 Å². The summed E-state index contributed by atoms with van der Waals surface area (Å²) in [6, 6.07) is 5.84. The molecule has 0 spiro atoms. The third kappa shape index (κ3) is 3.34. The Bertz CT molecular complexity index is 546. The Balaban J connectivity index is 2.04. The van der Waals surface area contributed by atoms with Gasteiger partial charge in [-0.1, -0.05) is 19.9 Å². The molecule has 19 heavy (non-hydrogen) atoms. The monoisotopic (exact) mass is 259 g/mol. The molecule has 2 aromatic heterocycles. The highest BCUT2D eigenvalue weighted by Gasteiger charge is 2.08. The summed E-state index contributed by atoms with van der Waals surface area (Å²) < 4.78 is 7.13. The average molecular weight is 259 g/mol. The Morgan fingerprint density at radius 3 is 2.74 bits per heavy atom. The van der Waals surface area contributed by atoms with Gasteiger partial charge in [-0.3, -0.25) is 4.68 Å². The Labute approximate surface area is 114 Å². The Kier molecular flexibility index (Phi) is 4.20. The number of hydrogen-bond donors (Lipinski definition) is 0. The van der Waals surface area contributed by atoms with Crippen LogP contribution < -0.4 is 4.74 Å². The summed E-state index contributed by atoms with van der Waals surface area (Å²) in [7, 11) is 1.64. The summed E-state index contributed by atoms with van der Waals surface area (Å²) >= 11 is 0. The highest BCUT2D eigenvalue weighted by atomic mass is 16.5. The fourth-order valence-electron chi connectivity index (χ4n) is 2.15. The van der Waals surface area contributed by atoms with E-state index in [1.54, 1.807) is 7.11 Å². The van der Waals surface area contributed by atoms with Crippen LogP contribution in [0, 0.1) is 6.92 Å². The first-order valence-corrected chi connectivity index (χ1v) is 6.64. The van der Waals surface area contributed by atoms with E-state index in [9.17, 15) is 0 Å². The zero-order valence-corrected chi connectivity index (χ0v) is 12.1. The third-order valence-electron chi connectivity index (χ3n) is 3.19. The van der Waals surface area contributed by atoms with Crippen molar-refractivity contribution in [2.75, 3.05) is 7.11 Å². The fraction of sp³-hybridized carbons (Fsp3) is 0.467. The minimum Gasteiger partial charge on any atom is -0.481 e. The van der Waals surface area contributed by atoms with Crippen molar-refractivity contribution in [2.24, 2.45) is 0 Å². The first-order valence-electron chi connectivity index (χ1n) is 6.64. The molecule has 0 saturated carbocycles. The van der Waals surface area contributed by atoms with E-state index in [1.165, 1.54) is 5.56 Å². The lowest BCUT2D eigenvalue weighted by molar-refractivity contribution is 0.395. The van der Waals surface area contributed by atoms with Crippen molar-refractivity contribution >= 4 is 0 Å². The van der Waals surface area contributed by atoms with E-state index in [2.05, 4.69) is 37.1 Å². The van der Waals surface area contributed by atoms with Crippen molar-refractivity contribution in [3.63, 3.8) is 0 Å². The second-order valence-electron chi connectivity index (χ2n) is 5.01. The smallest absolute Gasteiger partial charge is 0.213 e. The largest absolute Gasteiger partial charge is 0.481 e. The van der Waals surface area contributed by atoms with Crippen molar-refractivity contribution < 1.29 is 4.74 Å². The van der Waals surface area contributed by atoms with Crippen LogP contribution in [-0.4, -0.2) is 21.9 Å². The summed E-state index contributed by atoms with van der Waals surface area (Å²) in [5.41, 5.74) is 3.46. The number of pyridine rings is 1. The molecule has 0 amide bonds. The molecular formula is C15H21N3O. The van der Waals surface area contributed by atoms with Gasteiger partial charge in [-0.05, 0) is 24.5 Å². The van der Waals surface area contributed by atoms with Gasteiger partial charge in [-0.25, -0.2) is 4.98 Å². The first-order chi connectivity index (χ1) is 9.10. The van der Waals surface area contributed by atoms with Gasteiger partial charge in [0.05, 0.1) is 12.8 Å². The van der Waals surface area contributed by atoms with Crippen molar-refractivity contribution in [1.29, 1.82) is 0 Å². The van der Waals surface area contributed by atoms with Crippen LogP contribution >= 0.6 is 0 Å². The van der Waals surface area contributed by atoms with Gasteiger partial charge >= 0.3 is 0 Å². The molecule has 0 aliphatic heterocycles. The molecule has 0 bridgehead atoms. The summed E-state index contributed by atoms with van der Waals surface area (Å²) in [5, 5.41) is 4.55. The van der Waals surface area contributed by atoms with Gasteiger partial charge in [0.1, 0.15) is 0 Å². The maximum atomic E-state index is 5.13. The van der Waals surface area contributed by atoms with E-state index in [0.29, 0.717) is 11.8 Å². The van der Waals surface area contributed by atoms with E-state index >= 15 is 0 Å². The summed E-state index contributed by atoms with van der Waals surface area (Å²) in [6.45, 7) is 7.29. The molecule has 0 N–H and O–H groups in total. The normalized spacial score (nSPS) is 11.0. The maximum Gasteiger partial charge on any atom is 0.213 e.